The Morgan fingerprint density at radius 2 is 1.89 bits per heavy atom. The standard InChI is InChI=1S/C20H24N4O3/c1-2-27-20(26)24-12-9-16(10-13-24)22-17-8-11-21-18(14-17)19(25)23-15-6-4-3-5-7-15/h3-8,11,14,16H,2,9-10,12-13H2,1H3,(H,21,22)(H,23,25). The van der Waals surface area contributed by atoms with Crippen molar-refractivity contribution in [1.82, 2.24) is 9.88 Å². The summed E-state index contributed by atoms with van der Waals surface area (Å²) in [4.78, 5) is 30.0. The first-order valence-corrected chi connectivity index (χ1v) is 9.16. The fraction of sp³-hybridized carbons (Fsp3) is 0.350. The van der Waals surface area contributed by atoms with Crippen molar-refractivity contribution in [3.05, 3.63) is 54.4 Å². The fourth-order valence-corrected chi connectivity index (χ4v) is 3.02. The number of para-hydroxylation sites is 1. The minimum absolute atomic E-state index is 0.239. The van der Waals surface area contributed by atoms with Crippen molar-refractivity contribution in [2.24, 2.45) is 0 Å². The highest BCUT2D eigenvalue weighted by atomic mass is 16.6. The average molecular weight is 368 g/mol. The Labute approximate surface area is 158 Å². The van der Waals surface area contributed by atoms with E-state index in [1.54, 1.807) is 24.1 Å². The molecule has 2 amide bonds. The summed E-state index contributed by atoms with van der Waals surface area (Å²) in [6.45, 7) is 3.51. The van der Waals surface area contributed by atoms with Gasteiger partial charge in [-0.15, -0.1) is 0 Å². The van der Waals surface area contributed by atoms with Gasteiger partial charge in [0.05, 0.1) is 6.61 Å². The Bertz CT molecular complexity index is 774. The van der Waals surface area contributed by atoms with E-state index < -0.39 is 0 Å². The zero-order valence-electron chi connectivity index (χ0n) is 15.4. The van der Waals surface area contributed by atoms with E-state index >= 15 is 0 Å². The van der Waals surface area contributed by atoms with Gasteiger partial charge < -0.3 is 20.3 Å². The zero-order chi connectivity index (χ0) is 19.1. The predicted octanol–water partition coefficient (Wildman–Crippen LogP) is 3.37. The van der Waals surface area contributed by atoms with Crippen molar-refractivity contribution < 1.29 is 14.3 Å². The van der Waals surface area contributed by atoms with Crippen LogP contribution in [-0.4, -0.2) is 47.6 Å². The number of likely N-dealkylation sites (tertiary alicyclic amines) is 1. The number of hydrogen-bond donors (Lipinski definition) is 2. The normalized spacial score (nSPS) is 14.5. The number of ether oxygens (including phenoxy) is 1. The molecule has 1 aliphatic rings. The van der Waals surface area contributed by atoms with E-state index in [0.29, 0.717) is 25.4 Å². The number of carbonyl (C=O) groups excluding carboxylic acids is 2. The van der Waals surface area contributed by atoms with Crippen LogP contribution < -0.4 is 10.6 Å². The maximum absolute atomic E-state index is 12.4. The van der Waals surface area contributed by atoms with E-state index in [1.165, 1.54) is 0 Å². The minimum atomic E-state index is -0.250. The Morgan fingerprint density at radius 3 is 2.59 bits per heavy atom. The van der Waals surface area contributed by atoms with Crippen molar-refractivity contribution in [1.29, 1.82) is 0 Å². The highest BCUT2D eigenvalue weighted by Gasteiger charge is 2.23. The molecule has 1 aromatic carbocycles. The summed E-state index contributed by atoms with van der Waals surface area (Å²) in [6, 6.07) is 13.1. The van der Waals surface area contributed by atoms with Gasteiger partial charge in [-0.1, -0.05) is 18.2 Å². The molecule has 0 unspecified atom stereocenters. The molecule has 1 fully saturated rings. The van der Waals surface area contributed by atoms with Crippen LogP contribution in [0.4, 0.5) is 16.2 Å². The Kier molecular flexibility index (Phi) is 6.25. The molecule has 7 nitrogen and oxygen atoms in total. The second-order valence-electron chi connectivity index (χ2n) is 6.35. The van der Waals surface area contributed by atoms with Crippen LogP contribution in [0.15, 0.2) is 48.7 Å². The average Bonchev–Trinajstić information content (AvgIpc) is 2.70. The molecule has 0 bridgehead atoms. The monoisotopic (exact) mass is 368 g/mol. The Hall–Kier alpha value is -3.09. The maximum atomic E-state index is 12.4. The second kappa shape index (κ2) is 9.02. The summed E-state index contributed by atoms with van der Waals surface area (Å²) in [5.41, 5.74) is 1.93. The first kappa shape index (κ1) is 18.7. The number of anilines is 2. The number of piperidine rings is 1. The molecule has 0 spiro atoms. The molecule has 2 heterocycles. The van der Waals surface area contributed by atoms with E-state index in [2.05, 4.69) is 15.6 Å². The van der Waals surface area contributed by atoms with Crippen molar-refractivity contribution in [2.75, 3.05) is 30.3 Å². The van der Waals surface area contributed by atoms with Crippen molar-refractivity contribution in [3.8, 4) is 0 Å². The number of nitrogens with one attached hydrogen (secondary N) is 2. The number of pyridine rings is 1. The predicted molar refractivity (Wildman–Crippen MR) is 104 cm³/mol. The lowest BCUT2D eigenvalue weighted by Gasteiger charge is -2.32. The molecule has 1 aromatic heterocycles. The van der Waals surface area contributed by atoms with E-state index in [1.807, 2.05) is 36.4 Å². The maximum Gasteiger partial charge on any atom is 0.409 e. The number of carbonyl (C=O) groups is 2. The van der Waals surface area contributed by atoms with Crippen LogP contribution in [-0.2, 0) is 4.74 Å². The van der Waals surface area contributed by atoms with Crippen molar-refractivity contribution in [3.63, 3.8) is 0 Å². The third kappa shape index (κ3) is 5.20. The summed E-state index contributed by atoms with van der Waals surface area (Å²) in [5, 5.41) is 6.26. The first-order chi connectivity index (χ1) is 13.2. The number of hydrogen-bond acceptors (Lipinski definition) is 5. The van der Waals surface area contributed by atoms with E-state index in [4.69, 9.17) is 4.74 Å². The molecule has 0 aliphatic carbocycles. The van der Waals surface area contributed by atoms with Gasteiger partial charge in [-0.25, -0.2) is 4.79 Å². The molecule has 142 valence electrons. The molecule has 2 aromatic rings. The lowest BCUT2D eigenvalue weighted by atomic mass is 10.1. The third-order valence-corrected chi connectivity index (χ3v) is 4.42. The molecule has 0 atom stereocenters. The van der Waals surface area contributed by atoms with Gasteiger partial charge in [-0.05, 0) is 44.0 Å². The van der Waals surface area contributed by atoms with Gasteiger partial charge in [0, 0.05) is 36.7 Å². The zero-order valence-corrected chi connectivity index (χ0v) is 15.4. The quantitative estimate of drug-likeness (QED) is 0.845. The van der Waals surface area contributed by atoms with Gasteiger partial charge in [0.25, 0.3) is 5.91 Å². The van der Waals surface area contributed by atoms with Gasteiger partial charge >= 0.3 is 6.09 Å². The Morgan fingerprint density at radius 1 is 1.15 bits per heavy atom. The smallest absolute Gasteiger partial charge is 0.409 e. The molecular formula is C20H24N4O3. The van der Waals surface area contributed by atoms with Gasteiger partial charge in [0.15, 0.2) is 0 Å². The first-order valence-electron chi connectivity index (χ1n) is 9.16. The summed E-state index contributed by atoms with van der Waals surface area (Å²) >= 11 is 0. The minimum Gasteiger partial charge on any atom is -0.450 e. The van der Waals surface area contributed by atoms with Crippen molar-refractivity contribution in [2.45, 2.75) is 25.8 Å². The van der Waals surface area contributed by atoms with Crippen LogP contribution >= 0.6 is 0 Å². The van der Waals surface area contributed by atoms with Gasteiger partial charge in [-0.2, -0.15) is 0 Å². The summed E-state index contributed by atoms with van der Waals surface area (Å²) < 4.78 is 5.04. The SMILES string of the molecule is CCOC(=O)N1CCC(Nc2ccnc(C(=O)Nc3ccccc3)c2)CC1. The lowest BCUT2D eigenvalue weighted by molar-refractivity contribution is 0.0981. The lowest BCUT2D eigenvalue weighted by Crippen LogP contribution is -2.42. The van der Waals surface area contributed by atoms with E-state index in [0.717, 1.165) is 24.2 Å². The molecule has 1 aliphatic heterocycles. The molecular weight excluding hydrogens is 344 g/mol. The van der Waals surface area contributed by atoms with Crippen LogP contribution in [0.3, 0.4) is 0 Å². The highest BCUT2D eigenvalue weighted by Crippen LogP contribution is 2.18. The van der Waals surface area contributed by atoms with Gasteiger partial charge in [-0.3, -0.25) is 9.78 Å². The molecule has 0 radical (unpaired) electrons. The van der Waals surface area contributed by atoms with E-state index in [9.17, 15) is 9.59 Å². The largest absolute Gasteiger partial charge is 0.450 e. The van der Waals surface area contributed by atoms with Crippen LogP contribution in [0.5, 0.6) is 0 Å². The fourth-order valence-electron chi connectivity index (χ4n) is 3.02. The molecule has 27 heavy (non-hydrogen) atoms. The summed E-state index contributed by atoms with van der Waals surface area (Å²) in [5.74, 6) is -0.248. The number of benzene rings is 1. The Balaban J connectivity index is 1.55. The summed E-state index contributed by atoms with van der Waals surface area (Å²) in [6.07, 6.45) is 3.02. The van der Waals surface area contributed by atoms with Crippen LogP contribution in [0.1, 0.15) is 30.3 Å². The molecule has 1 saturated heterocycles. The van der Waals surface area contributed by atoms with E-state index in [-0.39, 0.29) is 18.0 Å². The summed E-state index contributed by atoms with van der Waals surface area (Å²) in [7, 11) is 0. The van der Waals surface area contributed by atoms with Gasteiger partial charge in [0.1, 0.15) is 5.69 Å². The number of aromatic nitrogens is 1. The molecule has 2 N–H and O–H groups in total. The highest BCUT2D eigenvalue weighted by molar-refractivity contribution is 6.03. The number of amides is 2. The molecule has 0 saturated carbocycles. The second-order valence-corrected chi connectivity index (χ2v) is 6.35. The number of rotatable bonds is 5. The van der Waals surface area contributed by atoms with Crippen LogP contribution in [0.2, 0.25) is 0 Å². The third-order valence-electron chi connectivity index (χ3n) is 4.42. The number of nitrogens with zero attached hydrogens (tertiary/aromatic N) is 2. The van der Waals surface area contributed by atoms with Crippen LogP contribution in [0, 0.1) is 0 Å². The molecule has 3 rings (SSSR count). The van der Waals surface area contributed by atoms with Crippen molar-refractivity contribution >= 4 is 23.4 Å². The van der Waals surface area contributed by atoms with Gasteiger partial charge in [0.2, 0.25) is 0 Å². The van der Waals surface area contributed by atoms with Crippen LogP contribution in [0.25, 0.3) is 0 Å². The topological polar surface area (TPSA) is 83.6 Å². The molecule has 7 heteroatoms.